The Balaban J connectivity index is 2.90. The van der Waals surface area contributed by atoms with Gasteiger partial charge >= 0.3 is 0 Å². The van der Waals surface area contributed by atoms with Crippen molar-refractivity contribution in [3.63, 3.8) is 0 Å². The van der Waals surface area contributed by atoms with Gasteiger partial charge in [-0.2, -0.15) is 0 Å². The minimum absolute atomic E-state index is 0.0821. The van der Waals surface area contributed by atoms with Crippen LogP contribution in [0.25, 0.3) is 0 Å². The molecule has 4 heteroatoms. The molecule has 0 rings (SSSR count). The summed E-state index contributed by atoms with van der Waals surface area (Å²) in [4.78, 5) is 20.0. The first kappa shape index (κ1) is 10.5. The van der Waals surface area contributed by atoms with Gasteiger partial charge in [0.25, 0.3) is 6.47 Å². The fourth-order valence-electron chi connectivity index (χ4n) is 0.687. The number of ether oxygens (including phenoxy) is 1. The van der Waals surface area contributed by atoms with E-state index in [1.807, 2.05) is 0 Å². The lowest BCUT2D eigenvalue weighted by molar-refractivity contribution is -0.128. The minimum atomic E-state index is -0.0821. The Morgan fingerprint density at radius 3 is 2.64 bits per heavy atom. The summed E-state index contributed by atoms with van der Waals surface area (Å²) >= 11 is 3.62. The van der Waals surface area contributed by atoms with E-state index in [1.165, 1.54) is 0 Å². The number of carbonyl (C=O) groups is 2. The lowest BCUT2D eigenvalue weighted by Crippen LogP contribution is -1.92. The maximum atomic E-state index is 10.3. The van der Waals surface area contributed by atoms with Crippen LogP contribution in [0.5, 0.6) is 0 Å². The number of unbranched alkanes of at least 4 members (excludes halogenated alkanes) is 2. The van der Waals surface area contributed by atoms with Crippen molar-refractivity contribution in [3.8, 4) is 0 Å². The minimum Gasteiger partial charge on any atom is -0.468 e. The lowest BCUT2D eigenvalue weighted by Gasteiger charge is -1.96. The standard InChI is InChI=1S/C7H12O3S/c8-6-10-5-3-1-2-4-7(9)11/h6H,1-5H2,(H,9,11). The normalized spacial score (nSPS) is 9.18. The maximum absolute atomic E-state index is 10.3. The van der Waals surface area contributed by atoms with Crippen LogP contribution in [0.4, 0.5) is 0 Å². The first-order chi connectivity index (χ1) is 5.27. The molecule has 0 unspecified atom stereocenters. The van der Waals surface area contributed by atoms with E-state index < -0.39 is 0 Å². The number of hydrogen-bond acceptors (Lipinski definition) is 3. The second kappa shape index (κ2) is 7.60. The van der Waals surface area contributed by atoms with Crippen molar-refractivity contribution in [2.75, 3.05) is 6.61 Å². The highest BCUT2D eigenvalue weighted by Crippen LogP contribution is 2.01. The highest BCUT2D eigenvalue weighted by atomic mass is 32.1. The average Bonchev–Trinajstić information content (AvgIpc) is 1.96. The Bertz CT molecular complexity index is 125. The Labute approximate surface area is 71.5 Å². The molecule has 0 aromatic heterocycles. The second-order valence-electron chi connectivity index (χ2n) is 2.17. The lowest BCUT2D eigenvalue weighted by atomic mass is 10.2. The number of hydrogen-bond donors (Lipinski definition) is 1. The molecular weight excluding hydrogens is 164 g/mol. The predicted molar refractivity (Wildman–Crippen MR) is 44.5 cm³/mol. The Kier molecular flexibility index (Phi) is 7.24. The smallest absolute Gasteiger partial charge is 0.293 e. The van der Waals surface area contributed by atoms with Gasteiger partial charge < -0.3 is 4.74 Å². The maximum Gasteiger partial charge on any atom is 0.293 e. The molecular formula is C7H12O3S. The molecule has 11 heavy (non-hydrogen) atoms. The molecule has 0 aliphatic rings. The zero-order valence-electron chi connectivity index (χ0n) is 6.28. The first-order valence-corrected chi connectivity index (χ1v) is 3.99. The summed E-state index contributed by atoms with van der Waals surface area (Å²) in [5.74, 6) is 0. The summed E-state index contributed by atoms with van der Waals surface area (Å²) in [5.41, 5.74) is 0. The fourth-order valence-corrected chi connectivity index (χ4v) is 0.845. The molecule has 0 bridgehead atoms. The molecule has 3 nitrogen and oxygen atoms in total. The van der Waals surface area contributed by atoms with Crippen molar-refractivity contribution in [1.82, 2.24) is 0 Å². The highest BCUT2D eigenvalue weighted by molar-refractivity contribution is 7.96. The molecule has 0 radical (unpaired) electrons. The van der Waals surface area contributed by atoms with Crippen molar-refractivity contribution in [3.05, 3.63) is 0 Å². The van der Waals surface area contributed by atoms with Gasteiger partial charge in [-0.15, -0.1) is 12.6 Å². The van der Waals surface area contributed by atoms with E-state index in [1.54, 1.807) is 0 Å². The molecule has 0 saturated carbocycles. The number of rotatable bonds is 7. The number of carbonyl (C=O) groups excluding carboxylic acids is 2. The van der Waals surface area contributed by atoms with Gasteiger partial charge in [0.1, 0.15) is 0 Å². The Morgan fingerprint density at radius 2 is 2.09 bits per heavy atom. The van der Waals surface area contributed by atoms with Crippen LogP contribution in [0, 0.1) is 0 Å². The van der Waals surface area contributed by atoms with Gasteiger partial charge in [0.2, 0.25) is 0 Å². The van der Waals surface area contributed by atoms with Crippen molar-refractivity contribution in [2.45, 2.75) is 25.7 Å². The van der Waals surface area contributed by atoms with Crippen LogP contribution in [0.15, 0.2) is 0 Å². The summed E-state index contributed by atoms with van der Waals surface area (Å²) in [6.07, 6.45) is 3.05. The summed E-state index contributed by atoms with van der Waals surface area (Å²) in [6, 6.07) is 0. The summed E-state index contributed by atoms with van der Waals surface area (Å²) in [6.45, 7) is 0.883. The van der Waals surface area contributed by atoms with Gasteiger partial charge in [-0.3, -0.25) is 9.59 Å². The van der Waals surface area contributed by atoms with Crippen LogP contribution < -0.4 is 0 Å². The molecule has 0 atom stereocenters. The molecule has 0 aromatic carbocycles. The van der Waals surface area contributed by atoms with Crippen LogP contribution >= 0.6 is 12.6 Å². The molecule has 0 fully saturated rings. The summed E-state index contributed by atoms with van der Waals surface area (Å²) in [5, 5.41) is -0.0821. The van der Waals surface area contributed by atoms with E-state index in [4.69, 9.17) is 0 Å². The quantitative estimate of drug-likeness (QED) is 0.360. The van der Waals surface area contributed by atoms with Crippen molar-refractivity contribution < 1.29 is 14.3 Å². The van der Waals surface area contributed by atoms with Crippen molar-refractivity contribution in [2.24, 2.45) is 0 Å². The molecule has 0 aromatic rings. The SMILES string of the molecule is O=COCCCCCC(=O)S. The van der Waals surface area contributed by atoms with Gasteiger partial charge in [0.15, 0.2) is 5.12 Å². The first-order valence-electron chi connectivity index (χ1n) is 3.54. The van der Waals surface area contributed by atoms with Crippen molar-refractivity contribution in [1.29, 1.82) is 0 Å². The molecule has 0 amide bonds. The largest absolute Gasteiger partial charge is 0.468 e. The van der Waals surface area contributed by atoms with Crippen LogP contribution in [-0.2, 0) is 14.3 Å². The zero-order valence-corrected chi connectivity index (χ0v) is 7.18. The van der Waals surface area contributed by atoms with Gasteiger partial charge in [-0.1, -0.05) is 0 Å². The Morgan fingerprint density at radius 1 is 1.36 bits per heavy atom. The van der Waals surface area contributed by atoms with Crippen LogP contribution in [0.1, 0.15) is 25.7 Å². The van der Waals surface area contributed by atoms with Crippen LogP contribution in [0.3, 0.4) is 0 Å². The Hall–Kier alpha value is -0.510. The van der Waals surface area contributed by atoms with Gasteiger partial charge in [0, 0.05) is 6.42 Å². The molecule has 0 heterocycles. The monoisotopic (exact) mass is 176 g/mol. The van der Waals surface area contributed by atoms with Gasteiger partial charge in [-0.05, 0) is 19.3 Å². The van der Waals surface area contributed by atoms with E-state index in [2.05, 4.69) is 17.4 Å². The molecule has 0 aliphatic heterocycles. The fraction of sp³-hybridized carbons (Fsp3) is 0.714. The number of thiol groups is 1. The molecule has 0 N–H and O–H groups in total. The third-order valence-electron chi connectivity index (χ3n) is 1.22. The zero-order chi connectivity index (χ0) is 8.53. The molecule has 0 aliphatic carbocycles. The molecule has 0 spiro atoms. The predicted octanol–water partition coefficient (Wildman–Crippen LogP) is 1.18. The third kappa shape index (κ3) is 9.49. The van der Waals surface area contributed by atoms with E-state index in [9.17, 15) is 9.59 Å². The summed E-state index contributed by atoms with van der Waals surface area (Å²) < 4.78 is 4.46. The van der Waals surface area contributed by atoms with E-state index in [-0.39, 0.29) is 5.12 Å². The average molecular weight is 176 g/mol. The third-order valence-corrected chi connectivity index (χ3v) is 1.44. The van der Waals surface area contributed by atoms with E-state index in [0.717, 1.165) is 19.3 Å². The van der Waals surface area contributed by atoms with Crippen molar-refractivity contribution >= 4 is 24.2 Å². The van der Waals surface area contributed by atoms with Crippen LogP contribution in [0.2, 0.25) is 0 Å². The van der Waals surface area contributed by atoms with Gasteiger partial charge in [-0.25, -0.2) is 0 Å². The highest BCUT2D eigenvalue weighted by Gasteiger charge is 1.93. The summed E-state index contributed by atoms with van der Waals surface area (Å²) in [7, 11) is 0. The van der Waals surface area contributed by atoms with E-state index >= 15 is 0 Å². The molecule has 64 valence electrons. The van der Waals surface area contributed by atoms with E-state index in [0.29, 0.717) is 19.5 Å². The van der Waals surface area contributed by atoms with Gasteiger partial charge in [0.05, 0.1) is 6.61 Å². The second-order valence-corrected chi connectivity index (χ2v) is 2.67. The topological polar surface area (TPSA) is 43.4 Å². The molecule has 0 saturated heterocycles. The van der Waals surface area contributed by atoms with Crippen LogP contribution in [-0.4, -0.2) is 18.2 Å².